The minimum atomic E-state index is -4.44. The van der Waals surface area contributed by atoms with Crippen LogP contribution in [0.4, 0.5) is 13.2 Å². The van der Waals surface area contributed by atoms with Gasteiger partial charge in [0.25, 0.3) is 0 Å². The van der Waals surface area contributed by atoms with Crippen LogP contribution in [0.2, 0.25) is 0 Å². The summed E-state index contributed by atoms with van der Waals surface area (Å²) in [6.45, 7) is 0. The fourth-order valence-corrected chi connectivity index (χ4v) is 3.08. The van der Waals surface area contributed by atoms with Crippen molar-refractivity contribution in [2.45, 2.75) is 12.2 Å². The van der Waals surface area contributed by atoms with Crippen molar-refractivity contribution in [3.63, 3.8) is 0 Å². The van der Waals surface area contributed by atoms with Gasteiger partial charge in [0.15, 0.2) is 0 Å². The maximum atomic E-state index is 13.2. The maximum Gasteiger partial charge on any atom is 0.416 e. The third kappa shape index (κ3) is 3.33. The highest BCUT2D eigenvalue weighted by Gasteiger charge is 2.31. The summed E-state index contributed by atoms with van der Waals surface area (Å²) < 4.78 is 41.0. The summed E-state index contributed by atoms with van der Waals surface area (Å²) in [5.74, 6) is 0. The lowest BCUT2D eigenvalue weighted by Gasteiger charge is -2.20. The zero-order chi connectivity index (χ0) is 19.0. The first kappa shape index (κ1) is 17.0. The van der Waals surface area contributed by atoms with E-state index in [1.807, 2.05) is 6.07 Å². The second-order valence-corrected chi connectivity index (χ2v) is 6.07. The second kappa shape index (κ2) is 6.39. The van der Waals surface area contributed by atoms with Gasteiger partial charge in [-0.2, -0.15) is 18.3 Å². The van der Waals surface area contributed by atoms with E-state index in [0.717, 1.165) is 23.1 Å². The molecule has 1 atom stereocenters. The van der Waals surface area contributed by atoms with E-state index in [2.05, 4.69) is 15.1 Å². The monoisotopic (exact) mass is 370 g/mol. The first-order chi connectivity index (χ1) is 12.9. The van der Waals surface area contributed by atoms with Crippen LogP contribution in [0.1, 0.15) is 22.7 Å². The quantitative estimate of drug-likeness (QED) is 0.597. The molecule has 27 heavy (non-hydrogen) atoms. The van der Waals surface area contributed by atoms with Crippen LogP contribution in [0, 0.1) is 0 Å². The largest absolute Gasteiger partial charge is 0.416 e. The summed E-state index contributed by atoms with van der Waals surface area (Å²) in [5.41, 5.74) is 0.849. The molecular weight excluding hydrogens is 357 g/mol. The number of aromatic amines is 1. The number of hydrogen-bond acceptors (Lipinski definition) is 3. The summed E-state index contributed by atoms with van der Waals surface area (Å²) in [4.78, 5) is 18.1. The van der Waals surface area contributed by atoms with Gasteiger partial charge in [0, 0.05) is 11.6 Å². The molecule has 8 heteroatoms. The first-order valence-corrected chi connectivity index (χ1v) is 8.06. The number of nitrogens with zero attached hydrogens (tertiary/aromatic N) is 3. The molecule has 0 radical (unpaired) electrons. The molecule has 0 amide bonds. The Morgan fingerprint density at radius 1 is 1.00 bits per heavy atom. The van der Waals surface area contributed by atoms with E-state index < -0.39 is 17.8 Å². The zero-order valence-electron chi connectivity index (χ0n) is 13.8. The Balaban J connectivity index is 1.88. The van der Waals surface area contributed by atoms with Crippen LogP contribution < -0.4 is 5.56 Å². The van der Waals surface area contributed by atoms with Gasteiger partial charge in [-0.05, 0) is 46.8 Å². The summed E-state index contributed by atoms with van der Waals surface area (Å²) in [5, 5.41) is 4.89. The Morgan fingerprint density at radius 2 is 1.81 bits per heavy atom. The SMILES string of the molecule is O=c1ccc2cc([C@H](c3cccc(C(F)(F)F)c3)n3cncn3)ccc2[nH]1. The molecule has 136 valence electrons. The van der Waals surface area contributed by atoms with E-state index in [0.29, 0.717) is 11.1 Å². The van der Waals surface area contributed by atoms with Gasteiger partial charge in [-0.25, -0.2) is 9.67 Å². The van der Waals surface area contributed by atoms with Crippen molar-refractivity contribution in [3.05, 3.63) is 94.3 Å². The predicted octanol–water partition coefficient (Wildman–Crippen LogP) is 3.78. The smallest absolute Gasteiger partial charge is 0.322 e. The highest BCUT2D eigenvalue weighted by atomic mass is 19.4. The summed E-state index contributed by atoms with van der Waals surface area (Å²) in [6, 6.07) is 12.9. The van der Waals surface area contributed by atoms with E-state index in [9.17, 15) is 18.0 Å². The van der Waals surface area contributed by atoms with Crippen molar-refractivity contribution in [1.29, 1.82) is 0 Å². The van der Waals surface area contributed by atoms with Crippen LogP contribution >= 0.6 is 0 Å². The second-order valence-electron chi connectivity index (χ2n) is 6.07. The molecule has 4 rings (SSSR count). The molecule has 2 heterocycles. The van der Waals surface area contributed by atoms with Crippen molar-refractivity contribution in [1.82, 2.24) is 19.7 Å². The summed E-state index contributed by atoms with van der Waals surface area (Å²) in [7, 11) is 0. The van der Waals surface area contributed by atoms with Crippen LogP contribution in [-0.4, -0.2) is 19.7 Å². The number of aromatic nitrogens is 4. The minimum absolute atomic E-state index is 0.221. The number of hydrogen-bond donors (Lipinski definition) is 1. The van der Waals surface area contributed by atoms with E-state index in [4.69, 9.17) is 0 Å². The molecule has 0 aliphatic carbocycles. The van der Waals surface area contributed by atoms with E-state index >= 15 is 0 Å². The van der Waals surface area contributed by atoms with Gasteiger partial charge in [-0.1, -0.05) is 18.2 Å². The van der Waals surface area contributed by atoms with Gasteiger partial charge in [0.05, 0.1) is 5.56 Å². The van der Waals surface area contributed by atoms with Crippen molar-refractivity contribution < 1.29 is 13.2 Å². The number of halogens is 3. The number of nitrogens with one attached hydrogen (secondary N) is 1. The lowest BCUT2D eigenvalue weighted by Crippen LogP contribution is -2.15. The van der Waals surface area contributed by atoms with Gasteiger partial charge in [0.2, 0.25) is 5.56 Å². The molecule has 0 saturated heterocycles. The number of H-pyrrole nitrogens is 1. The Labute approximate surface area is 151 Å². The van der Waals surface area contributed by atoms with Gasteiger partial charge in [-0.3, -0.25) is 4.79 Å². The molecule has 0 saturated carbocycles. The molecular formula is C19H13F3N4O. The molecule has 0 aliphatic rings. The Kier molecular flexibility index (Phi) is 4.02. The highest BCUT2D eigenvalue weighted by molar-refractivity contribution is 5.79. The molecule has 0 unspecified atom stereocenters. The van der Waals surface area contributed by atoms with Crippen LogP contribution in [0.5, 0.6) is 0 Å². The summed E-state index contributed by atoms with van der Waals surface area (Å²) >= 11 is 0. The zero-order valence-corrected chi connectivity index (χ0v) is 13.8. The molecule has 0 bridgehead atoms. The number of alkyl halides is 3. The Morgan fingerprint density at radius 3 is 2.56 bits per heavy atom. The van der Waals surface area contributed by atoms with Crippen molar-refractivity contribution in [2.24, 2.45) is 0 Å². The normalized spacial score (nSPS) is 13.0. The highest BCUT2D eigenvalue weighted by Crippen LogP contribution is 2.33. The average molecular weight is 370 g/mol. The fraction of sp³-hybridized carbons (Fsp3) is 0.105. The van der Waals surface area contributed by atoms with Gasteiger partial charge >= 0.3 is 6.18 Å². The van der Waals surface area contributed by atoms with E-state index in [1.165, 1.54) is 29.5 Å². The van der Waals surface area contributed by atoms with Crippen LogP contribution in [-0.2, 0) is 6.18 Å². The van der Waals surface area contributed by atoms with Crippen LogP contribution in [0.15, 0.2) is 72.0 Å². The predicted molar refractivity (Wildman–Crippen MR) is 93.3 cm³/mol. The molecule has 2 aromatic carbocycles. The Bertz CT molecular complexity index is 1150. The van der Waals surface area contributed by atoms with E-state index in [1.54, 1.807) is 24.3 Å². The standard InChI is InChI=1S/C19H13F3N4O/c20-19(21,22)15-3-1-2-13(9-15)18(26-11-23-10-24-26)14-4-6-16-12(8-14)5-7-17(27)25-16/h1-11,18H,(H,25,27)/t18-/m0/s1. The lowest BCUT2D eigenvalue weighted by atomic mass is 9.96. The average Bonchev–Trinajstić information content (AvgIpc) is 3.16. The molecule has 1 N–H and O–H groups in total. The van der Waals surface area contributed by atoms with Crippen molar-refractivity contribution in [3.8, 4) is 0 Å². The fourth-order valence-electron chi connectivity index (χ4n) is 3.08. The van der Waals surface area contributed by atoms with Crippen LogP contribution in [0.3, 0.4) is 0 Å². The topological polar surface area (TPSA) is 63.6 Å². The number of benzene rings is 2. The first-order valence-electron chi connectivity index (χ1n) is 8.06. The van der Waals surface area contributed by atoms with Gasteiger partial charge < -0.3 is 4.98 Å². The molecule has 4 aromatic rings. The molecule has 0 aliphatic heterocycles. The number of rotatable bonds is 3. The van der Waals surface area contributed by atoms with Crippen molar-refractivity contribution in [2.75, 3.05) is 0 Å². The van der Waals surface area contributed by atoms with E-state index in [-0.39, 0.29) is 5.56 Å². The van der Waals surface area contributed by atoms with Gasteiger partial charge in [0.1, 0.15) is 18.7 Å². The molecule has 0 fully saturated rings. The third-order valence-corrected chi connectivity index (χ3v) is 4.29. The number of fused-ring (bicyclic) bond motifs is 1. The molecule has 0 spiro atoms. The number of pyridine rings is 1. The summed E-state index contributed by atoms with van der Waals surface area (Å²) in [6.07, 6.45) is -1.65. The molecule has 5 nitrogen and oxygen atoms in total. The van der Waals surface area contributed by atoms with Crippen molar-refractivity contribution >= 4 is 10.9 Å². The van der Waals surface area contributed by atoms with Gasteiger partial charge in [-0.15, -0.1) is 0 Å². The maximum absolute atomic E-state index is 13.2. The van der Waals surface area contributed by atoms with Crippen LogP contribution in [0.25, 0.3) is 10.9 Å². The molecule has 2 aromatic heterocycles. The minimum Gasteiger partial charge on any atom is -0.322 e. The Hall–Kier alpha value is -3.42. The lowest BCUT2D eigenvalue weighted by molar-refractivity contribution is -0.137. The third-order valence-electron chi connectivity index (χ3n) is 4.29.